The van der Waals surface area contributed by atoms with Gasteiger partial charge in [0.2, 0.25) is 5.89 Å². The Morgan fingerprint density at radius 2 is 2.30 bits per heavy atom. The number of nitrogens with one attached hydrogen (secondary N) is 1. The number of imidazole rings is 1. The lowest BCUT2D eigenvalue weighted by atomic mass is 10.0. The molecule has 0 unspecified atom stereocenters. The molecule has 0 saturated carbocycles. The Kier molecular flexibility index (Phi) is 3.76. The number of oxazole rings is 1. The summed E-state index contributed by atoms with van der Waals surface area (Å²) < 4.78 is 6.48. The lowest BCUT2D eigenvalue weighted by Crippen LogP contribution is -2.40. The Morgan fingerprint density at radius 1 is 1.41 bits per heavy atom. The van der Waals surface area contributed by atoms with Crippen molar-refractivity contribution in [1.82, 2.24) is 24.8 Å². The largest absolute Gasteiger partial charge is 0.438 e. The summed E-state index contributed by atoms with van der Waals surface area (Å²) in [5, 5.41) is 0.343. The van der Waals surface area contributed by atoms with E-state index in [4.69, 9.17) is 16.0 Å². The van der Waals surface area contributed by atoms with E-state index in [9.17, 15) is 4.79 Å². The fraction of sp³-hybridized carbons (Fsp3) is 0.222. The van der Waals surface area contributed by atoms with E-state index in [2.05, 4.69) is 19.9 Å². The van der Waals surface area contributed by atoms with E-state index in [1.165, 1.54) is 6.20 Å². The predicted octanol–water partition coefficient (Wildman–Crippen LogP) is 3.76. The molecule has 1 aromatic carbocycles. The van der Waals surface area contributed by atoms with Gasteiger partial charge >= 0.3 is 0 Å². The number of aryl methyl sites for hydroxylation is 1. The highest BCUT2D eigenvalue weighted by molar-refractivity contribution is 7.17. The van der Waals surface area contributed by atoms with Gasteiger partial charge in [-0.05, 0) is 24.6 Å². The van der Waals surface area contributed by atoms with Gasteiger partial charge in [-0.1, -0.05) is 29.0 Å². The molecule has 1 N–H and O–H groups in total. The molecule has 7 nitrogen and oxygen atoms in total. The van der Waals surface area contributed by atoms with Crippen LogP contribution in [0.5, 0.6) is 0 Å². The van der Waals surface area contributed by atoms with Crippen LogP contribution in [0.4, 0.5) is 0 Å². The number of carbonyl (C=O) groups excluding carboxylic acids is 1. The van der Waals surface area contributed by atoms with Crippen molar-refractivity contribution in [3.8, 4) is 0 Å². The van der Waals surface area contributed by atoms with E-state index < -0.39 is 6.04 Å². The van der Waals surface area contributed by atoms with E-state index in [-0.39, 0.29) is 5.91 Å². The number of thiazole rings is 1. The van der Waals surface area contributed by atoms with Crippen molar-refractivity contribution in [2.75, 3.05) is 6.54 Å². The predicted molar refractivity (Wildman–Crippen MR) is 101 cm³/mol. The minimum Gasteiger partial charge on any atom is -0.438 e. The zero-order valence-corrected chi connectivity index (χ0v) is 15.8. The number of aromatic nitrogens is 4. The summed E-state index contributed by atoms with van der Waals surface area (Å²) in [6.07, 6.45) is 3.80. The minimum absolute atomic E-state index is 0.205. The monoisotopic (exact) mass is 399 g/mol. The molecule has 4 aromatic rings. The van der Waals surface area contributed by atoms with Crippen LogP contribution in [0, 0.1) is 6.92 Å². The number of rotatable bonds is 2. The molecule has 136 valence electrons. The summed E-state index contributed by atoms with van der Waals surface area (Å²) in [5.74, 6) is 0.239. The zero-order valence-electron chi connectivity index (χ0n) is 14.3. The normalized spacial score (nSPS) is 16.7. The first kappa shape index (κ1) is 16.5. The molecule has 0 fully saturated rings. The molecule has 0 spiro atoms. The highest BCUT2D eigenvalue weighted by atomic mass is 35.5. The second-order valence-corrected chi connectivity index (χ2v) is 8.07. The lowest BCUT2D eigenvalue weighted by molar-refractivity contribution is 0.0667. The van der Waals surface area contributed by atoms with Gasteiger partial charge in [-0.2, -0.15) is 0 Å². The van der Waals surface area contributed by atoms with Gasteiger partial charge in [0.25, 0.3) is 5.91 Å². The summed E-state index contributed by atoms with van der Waals surface area (Å²) >= 11 is 7.13. The topological polar surface area (TPSA) is 87.9 Å². The number of nitrogens with zero attached hydrogens (tertiary/aromatic N) is 4. The van der Waals surface area contributed by atoms with Crippen LogP contribution in [0.1, 0.15) is 38.7 Å². The Balaban J connectivity index is 1.63. The summed E-state index contributed by atoms with van der Waals surface area (Å²) in [6, 6.07) is 5.31. The molecule has 5 rings (SSSR count). The maximum Gasteiger partial charge on any atom is 0.283 e. The number of fused-ring (bicyclic) bond motifs is 2. The number of H-pyrrole nitrogens is 1. The van der Waals surface area contributed by atoms with Gasteiger partial charge < -0.3 is 14.3 Å². The van der Waals surface area contributed by atoms with Gasteiger partial charge in [0.1, 0.15) is 9.85 Å². The molecule has 0 saturated heterocycles. The van der Waals surface area contributed by atoms with Gasteiger partial charge in [-0.15, -0.1) is 0 Å². The van der Waals surface area contributed by atoms with Gasteiger partial charge in [-0.25, -0.2) is 15.0 Å². The SMILES string of the molecule is Cc1ccc2oc([C@@H]3c4nc[nH]c4CCN3C(=O)c3ncc(Cl)s3)nc2c1. The number of amides is 1. The molecule has 0 aliphatic carbocycles. The van der Waals surface area contributed by atoms with Crippen molar-refractivity contribution in [3.05, 3.63) is 62.9 Å². The summed E-state index contributed by atoms with van der Waals surface area (Å²) in [5.41, 5.74) is 4.28. The summed E-state index contributed by atoms with van der Waals surface area (Å²) in [6.45, 7) is 2.51. The van der Waals surface area contributed by atoms with Crippen LogP contribution < -0.4 is 0 Å². The van der Waals surface area contributed by atoms with Gasteiger partial charge in [0.05, 0.1) is 18.2 Å². The molecule has 1 amide bonds. The highest BCUT2D eigenvalue weighted by Gasteiger charge is 2.38. The minimum atomic E-state index is -0.511. The van der Waals surface area contributed by atoms with Crippen LogP contribution in [-0.4, -0.2) is 37.3 Å². The van der Waals surface area contributed by atoms with E-state index >= 15 is 0 Å². The van der Waals surface area contributed by atoms with Crippen LogP contribution >= 0.6 is 22.9 Å². The fourth-order valence-corrected chi connectivity index (χ4v) is 4.26. The van der Waals surface area contributed by atoms with E-state index in [0.717, 1.165) is 33.8 Å². The van der Waals surface area contributed by atoms with Crippen molar-refractivity contribution in [1.29, 1.82) is 0 Å². The molecular weight excluding hydrogens is 386 g/mol. The molecule has 0 radical (unpaired) electrons. The number of carbonyl (C=O) groups is 1. The lowest BCUT2D eigenvalue weighted by Gasteiger charge is -2.32. The average molecular weight is 400 g/mol. The summed E-state index contributed by atoms with van der Waals surface area (Å²) in [7, 11) is 0. The Hall–Kier alpha value is -2.71. The van der Waals surface area contributed by atoms with E-state index in [0.29, 0.717) is 33.8 Å². The fourth-order valence-electron chi connectivity index (χ4n) is 3.39. The van der Waals surface area contributed by atoms with Crippen LogP contribution in [0.3, 0.4) is 0 Å². The molecule has 0 bridgehead atoms. The van der Waals surface area contributed by atoms with Crippen LogP contribution in [0.25, 0.3) is 11.1 Å². The van der Waals surface area contributed by atoms with Crippen molar-refractivity contribution >= 4 is 39.9 Å². The number of aromatic amines is 1. The first-order valence-electron chi connectivity index (χ1n) is 8.41. The second kappa shape index (κ2) is 6.17. The summed E-state index contributed by atoms with van der Waals surface area (Å²) in [4.78, 5) is 31.2. The Morgan fingerprint density at radius 3 is 3.11 bits per heavy atom. The maximum atomic E-state index is 13.1. The zero-order chi connectivity index (χ0) is 18.5. The molecular formula is C18H14ClN5O2S. The van der Waals surface area contributed by atoms with E-state index in [1.807, 2.05) is 25.1 Å². The van der Waals surface area contributed by atoms with Crippen molar-refractivity contribution in [2.45, 2.75) is 19.4 Å². The highest BCUT2D eigenvalue weighted by Crippen LogP contribution is 2.36. The number of halogens is 1. The van der Waals surface area contributed by atoms with Crippen molar-refractivity contribution in [3.63, 3.8) is 0 Å². The first-order valence-corrected chi connectivity index (χ1v) is 9.61. The molecule has 1 aliphatic heterocycles. The molecule has 1 aliphatic rings. The number of benzene rings is 1. The van der Waals surface area contributed by atoms with Crippen LogP contribution in [0.15, 0.2) is 35.1 Å². The molecule has 27 heavy (non-hydrogen) atoms. The van der Waals surface area contributed by atoms with E-state index in [1.54, 1.807) is 11.2 Å². The quantitative estimate of drug-likeness (QED) is 0.554. The average Bonchev–Trinajstić information content (AvgIpc) is 3.38. The van der Waals surface area contributed by atoms with Crippen molar-refractivity contribution < 1.29 is 9.21 Å². The molecule has 4 heterocycles. The molecule has 9 heteroatoms. The first-order chi connectivity index (χ1) is 13.1. The number of hydrogen-bond donors (Lipinski definition) is 1. The third-order valence-electron chi connectivity index (χ3n) is 4.64. The Bertz CT molecular complexity index is 1160. The maximum absolute atomic E-state index is 13.1. The smallest absolute Gasteiger partial charge is 0.283 e. The van der Waals surface area contributed by atoms with Gasteiger partial charge in [0.15, 0.2) is 16.6 Å². The third-order valence-corrected chi connectivity index (χ3v) is 5.74. The standard InChI is InChI=1S/C18H14ClN5O2S/c1-9-2-3-12-11(6-9)23-16(26-12)15-14-10(21-8-22-14)4-5-24(15)18(25)17-20-7-13(19)27-17/h2-3,6-8,15H,4-5H2,1H3,(H,21,22)/t15-/m0/s1. The Labute approximate surface area is 163 Å². The van der Waals surface area contributed by atoms with Gasteiger partial charge in [-0.3, -0.25) is 4.79 Å². The van der Waals surface area contributed by atoms with Crippen LogP contribution in [-0.2, 0) is 6.42 Å². The van der Waals surface area contributed by atoms with Gasteiger partial charge in [0, 0.05) is 18.7 Å². The third kappa shape index (κ3) is 2.72. The molecule has 1 atom stereocenters. The van der Waals surface area contributed by atoms with Crippen LogP contribution in [0.2, 0.25) is 4.34 Å². The molecule has 3 aromatic heterocycles. The van der Waals surface area contributed by atoms with Crippen molar-refractivity contribution in [2.24, 2.45) is 0 Å². The number of hydrogen-bond acceptors (Lipinski definition) is 6. The second-order valence-electron chi connectivity index (χ2n) is 6.41.